The molecular weight excluding hydrogens is 178 g/mol. The highest BCUT2D eigenvalue weighted by Gasteiger charge is 2.35. The molecule has 0 saturated carbocycles. The van der Waals surface area contributed by atoms with Gasteiger partial charge in [0.1, 0.15) is 6.10 Å². The molecule has 0 amide bonds. The molecule has 4 unspecified atom stereocenters. The minimum Gasteiger partial charge on any atom is -0.394 e. The van der Waals surface area contributed by atoms with Crippen molar-refractivity contribution in [2.75, 3.05) is 6.61 Å². The molecule has 0 aromatic heterocycles. The molecule has 1 aliphatic heterocycles. The van der Waals surface area contributed by atoms with E-state index in [4.69, 9.17) is 20.5 Å². The topological polar surface area (TPSA) is 119 Å². The molecule has 74 valence electrons. The summed E-state index contributed by atoms with van der Waals surface area (Å²) in [5.41, 5.74) is 8.14. The molecule has 1 rings (SSSR count). The quantitative estimate of drug-likeness (QED) is 0.297. The largest absolute Gasteiger partial charge is 0.394 e. The average molecular weight is 189 g/mol. The maximum atomic E-state index is 9.42. The number of hydrogen-bond acceptors (Lipinski definition) is 5. The molecule has 0 aromatic carbocycles. The van der Waals surface area contributed by atoms with Crippen LogP contribution in [-0.4, -0.2) is 46.5 Å². The van der Waals surface area contributed by atoms with Crippen molar-refractivity contribution >= 4 is 0 Å². The number of ether oxygens (including phenoxy) is 1. The Kier molecular flexibility index (Phi) is 3.47. The molecule has 0 aliphatic carbocycles. The van der Waals surface area contributed by atoms with Gasteiger partial charge in [-0.25, -0.2) is 0 Å². The Morgan fingerprint density at radius 2 is 2.23 bits per heavy atom. The molecule has 7 heteroatoms. The minimum atomic E-state index is -1.10. The van der Waals surface area contributed by atoms with Crippen LogP contribution in [-0.2, 0) is 4.74 Å². The van der Waals surface area contributed by atoms with Crippen LogP contribution in [0, 0.1) is 0 Å². The summed E-state index contributed by atoms with van der Waals surface area (Å²) < 4.78 is 4.80. The van der Waals surface area contributed by atoms with Crippen LogP contribution in [0.1, 0.15) is 6.42 Å². The third-order valence-corrected chi connectivity index (χ3v) is 1.93. The van der Waals surface area contributed by atoms with Gasteiger partial charge in [0.25, 0.3) is 0 Å². The predicted molar refractivity (Wildman–Crippen MR) is 41.5 cm³/mol. The van der Waals surface area contributed by atoms with Crippen molar-refractivity contribution < 1.29 is 20.1 Å². The SMILES string of the molecule is [N-]=[N+]=NC1CC(O)OC(CO)C1O. The van der Waals surface area contributed by atoms with Gasteiger partial charge in [0, 0.05) is 11.3 Å². The second kappa shape index (κ2) is 4.40. The van der Waals surface area contributed by atoms with Gasteiger partial charge >= 0.3 is 0 Å². The Morgan fingerprint density at radius 3 is 2.77 bits per heavy atom. The van der Waals surface area contributed by atoms with Crippen molar-refractivity contribution in [2.45, 2.75) is 31.0 Å². The van der Waals surface area contributed by atoms with Gasteiger partial charge in [-0.15, -0.1) is 0 Å². The lowest BCUT2D eigenvalue weighted by molar-refractivity contribution is -0.213. The molecule has 1 saturated heterocycles. The Morgan fingerprint density at radius 1 is 1.54 bits per heavy atom. The van der Waals surface area contributed by atoms with Gasteiger partial charge in [-0.2, -0.15) is 0 Å². The lowest BCUT2D eigenvalue weighted by Crippen LogP contribution is -2.48. The fourth-order valence-electron chi connectivity index (χ4n) is 1.26. The van der Waals surface area contributed by atoms with Crippen LogP contribution in [0.3, 0.4) is 0 Å². The van der Waals surface area contributed by atoms with Crippen molar-refractivity contribution in [3.8, 4) is 0 Å². The number of aliphatic hydroxyl groups is 3. The second-order valence-corrected chi connectivity index (χ2v) is 2.81. The number of azide groups is 1. The molecule has 1 aliphatic rings. The van der Waals surface area contributed by atoms with Crippen LogP contribution in [0.2, 0.25) is 0 Å². The maximum Gasteiger partial charge on any atom is 0.155 e. The monoisotopic (exact) mass is 189 g/mol. The van der Waals surface area contributed by atoms with E-state index >= 15 is 0 Å². The molecule has 1 fully saturated rings. The molecular formula is C6H11N3O4. The first kappa shape index (κ1) is 10.2. The molecule has 0 bridgehead atoms. The number of nitrogens with zero attached hydrogens (tertiary/aromatic N) is 3. The Hall–Kier alpha value is -0.850. The highest BCUT2D eigenvalue weighted by molar-refractivity contribution is 4.87. The van der Waals surface area contributed by atoms with Crippen LogP contribution in [0.15, 0.2) is 5.11 Å². The first-order valence-corrected chi connectivity index (χ1v) is 3.85. The molecule has 4 atom stereocenters. The normalized spacial score (nSPS) is 39.6. The van der Waals surface area contributed by atoms with Crippen molar-refractivity contribution in [1.29, 1.82) is 0 Å². The summed E-state index contributed by atoms with van der Waals surface area (Å²) >= 11 is 0. The summed E-state index contributed by atoms with van der Waals surface area (Å²) in [7, 11) is 0. The van der Waals surface area contributed by atoms with Crippen molar-refractivity contribution in [3.05, 3.63) is 10.4 Å². The van der Waals surface area contributed by atoms with Crippen molar-refractivity contribution in [3.63, 3.8) is 0 Å². The van der Waals surface area contributed by atoms with E-state index < -0.39 is 31.1 Å². The van der Waals surface area contributed by atoms with E-state index in [0.29, 0.717) is 0 Å². The lowest BCUT2D eigenvalue weighted by Gasteiger charge is -2.34. The molecule has 0 aromatic rings. The van der Waals surface area contributed by atoms with E-state index in [1.165, 1.54) is 0 Å². The van der Waals surface area contributed by atoms with Gasteiger partial charge in [-0.3, -0.25) is 0 Å². The Balaban J connectivity index is 2.68. The van der Waals surface area contributed by atoms with E-state index in [0.717, 1.165) is 0 Å². The maximum absolute atomic E-state index is 9.42. The zero-order valence-electron chi connectivity index (χ0n) is 6.82. The van der Waals surface area contributed by atoms with Crippen LogP contribution in [0.25, 0.3) is 10.4 Å². The molecule has 1 heterocycles. The molecule has 0 spiro atoms. The number of aliphatic hydroxyl groups excluding tert-OH is 3. The molecule has 3 N–H and O–H groups in total. The summed E-state index contributed by atoms with van der Waals surface area (Å²) in [5, 5.41) is 30.5. The Labute approximate surface area is 74.2 Å². The van der Waals surface area contributed by atoms with Crippen LogP contribution in [0.5, 0.6) is 0 Å². The van der Waals surface area contributed by atoms with Crippen LogP contribution < -0.4 is 0 Å². The second-order valence-electron chi connectivity index (χ2n) is 2.81. The van der Waals surface area contributed by atoms with Gasteiger partial charge < -0.3 is 20.1 Å². The van der Waals surface area contributed by atoms with E-state index in [1.807, 2.05) is 0 Å². The van der Waals surface area contributed by atoms with Crippen LogP contribution >= 0.6 is 0 Å². The predicted octanol–water partition coefficient (Wildman–Crippen LogP) is -0.874. The van der Waals surface area contributed by atoms with Gasteiger partial charge in [0.05, 0.1) is 18.8 Å². The van der Waals surface area contributed by atoms with Crippen molar-refractivity contribution in [1.82, 2.24) is 0 Å². The van der Waals surface area contributed by atoms with E-state index in [-0.39, 0.29) is 6.42 Å². The van der Waals surface area contributed by atoms with Crippen molar-refractivity contribution in [2.24, 2.45) is 5.11 Å². The van der Waals surface area contributed by atoms with Gasteiger partial charge in [0.2, 0.25) is 0 Å². The van der Waals surface area contributed by atoms with Gasteiger partial charge in [0.15, 0.2) is 6.29 Å². The first-order chi connectivity index (χ1) is 6.19. The fraction of sp³-hybridized carbons (Fsp3) is 1.00. The van der Waals surface area contributed by atoms with E-state index in [2.05, 4.69) is 10.0 Å². The Bertz CT molecular complexity index is 218. The zero-order chi connectivity index (χ0) is 9.84. The fourth-order valence-corrected chi connectivity index (χ4v) is 1.26. The summed E-state index contributed by atoms with van der Waals surface area (Å²) in [5.74, 6) is 0. The summed E-state index contributed by atoms with van der Waals surface area (Å²) in [6.45, 7) is -0.421. The highest BCUT2D eigenvalue weighted by Crippen LogP contribution is 2.21. The summed E-state index contributed by atoms with van der Waals surface area (Å²) in [6, 6.07) is -0.745. The number of rotatable bonds is 2. The van der Waals surface area contributed by atoms with E-state index in [1.54, 1.807) is 0 Å². The molecule has 13 heavy (non-hydrogen) atoms. The summed E-state index contributed by atoms with van der Waals surface area (Å²) in [4.78, 5) is 2.53. The third kappa shape index (κ3) is 2.30. The first-order valence-electron chi connectivity index (χ1n) is 3.85. The highest BCUT2D eigenvalue weighted by atomic mass is 16.6. The van der Waals surface area contributed by atoms with Gasteiger partial charge in [-0.05, 0) is 5.53 Å². The average Bonchev–Trinajstić information content (AvgIpc) is 2.11. The summed E-state index contributed by atoms with van der Waals surface area (Å²) in [6.07, 6.45) is -3.01. The zero-order valence-corrected chi connectivity index (χ0v) is 6.82. The number of hydrogen-bond donors (Lipinski definition) is 3. The third-order valence-electron chi connectivity index (χ3n) is 1.93. The van der Waals surface area contributed by atoms with Crippen LogP contribution in [0.4, 0.5) is 0 Å². The van der Waals surface area contributed by atoms with E-state index in [9.17, 15) is 5.11 Å². The van der Waals surface area contributed by atoms with Gasteiger partial charge in [-0.1, -0.05) is 5.11 Å². The molecule has 7 nitrogen and oxygen atoms in total. The standard InChI is InChI=1S/C6H11N3O4/c7-9-8-3-1-5(11)13-4(2-10)6(3)12/h3-6,10-12H,1-2H2. The smallest absolute Gasteiger partial charge is 0.155 e. The lowest BCUT2D eigenvalue weighted by atomic mass is 10.00. The molecule has 0 radical (unpaired) electrons. The minimum absolute atomic E-state index is 0.0434.